The highest BCUT2D eigenvalue weighted by Gasteiger charge is 2.29. The lowest BCUT2D eigenvalue weighted by Crippen LogP contribution is -2.54. The molecule has 2 N–H and O–H groups in total. The van der Waals surface area contributed by atoms with Gasteiger partial charge in [-0.15, -0.1) is 11.3 Å². The van der Waals surface area contributed by atoms with Gasteiger partial charge in [0.1, 0.15) is 0 Å². The molecule has 1 saturated heterocycles. The maximum absolute atomic E-state index is 5.91. The molecule has 0 spiro atoms. The molecule has 2 nitrogen and oxygen atoms in total. The molecule has 1 aliphatic rings. The van der Waals surface area contributed by atoms with Crippen LogP contribution >= 0.6 is 22.9 Å². The summed E-state index contributed by atoms with van der Waals surface area (Å²) in [5.74, 6) is 0. The summed E-state index contributed by atoms with van der Waals surface area (Å²) in [6, 6.07) is 4.07. The van der Waals surface area contributed by atoms with Crippen molar-refractivity contribution in [1.82, 2.24) is 10.6 Å². The predicted molar refractivity (Wildman–Crippen MR) is 57.6 cm³/mol. The quantitative estimate of drug-likeness (QED) is 0.749. The first-order valence-electron chi connectivity index (χ1n) is 4.42. The molecular weight excluding hydrogens is 204 g/mol. The molecule has 0 radical (unpaired) electrons. The molecule has 4 heteroatoms. The molecule has 1 atom stereocenters. The van der Waals surface area contributed by atoms with E-state index in [1.165, 1.54) is 4.88 Å². The zero-order valence-corrected chi connectivity index (χ0v) is 9.13. The van der Waals surface area contributed by atoms with Crippen molar-refractivity contribution < 1.29 is 0 Å². The first-order valence-corrected chi connectivity index (χ1v) is 5.62. The SMILES string of the molecule is CC1(c2ccc(Cl)s2)CNCCN1. The number of hydrogen-bond donors (Lipinski definition) is 2. The zero-order chi connectivity index (χ0) is 9.31. The number of piperazine rings is 1. The van der Waals surface area contributed by atoms with Crippen LogP contribution in [0.25, 0.3) is 0 Å². The molecule has 1 unspecified atom stereocenters. The minimum absolute atomic E-state index is 0.0655. The van der Waals surface area contributed by atoms with Crippen molar-refractivity contribution in [2.24, 2.45) is 0 Å². The second kappa shape index (κ2) is 3.58. The Hall–Kier alpha value is -0.0900. The Bertz CT molecular complexity index is 292. The van der Waals surface area contributed by atoms with E-state index in [4.69, 9.17) is 11.6 Å². The van der Waals surface area contributed by atoms with Crippen LogP contribution in [0.5, 0.6) is 0 Å². The highest BCUT2D eigenvalue weighted by molar-refractivity contribution is 7.16. The largest absolute Gasteiger partial charge is 0.313 e. The molecule has 1 fully saturated rings. The van der Waals surface area contributed by atoms with Gasteiger partial charge in [-0.25, -0.2) is 0 Å². The molecule has 0 amide bonds. The fourth-order valence-corrected chi connectivity index (χ4v) is 2.78. The summed E-state index contributed by atoms with van der Waals surface area (Å²) in [5.41, 5.74) is 0.0655. The maximum atomic E-state index is 5.91. The second-order valence-electron chi connectivity index (χ2n) is 3.54. The van der Waals surface area contributed by atoms with Gasteiger partial charge in [0.25, 0.3) is 0 Å². The summed E-state index contributed by atoms with van der Waals surface area (Å²) in [5, 5.41) is 6.90. The summed E-state index contributed by atoms with van der Waals surface area (Å²) < 4.78 is 0.864. The molecule has 0 bridgehead atoms. The van der Waals surface area contributed by atoms with Gasteiger partial charge < -0.3 is 10.6 Å². The molecule has 0 aliphatic carbocycles. The Kier molecular flexibility index (Phi) is 2.60. The maximum Gasteiger partial charge on any atom is 0.0931 e. The van der Waals surface area contributed by atoms with E-state index in [0.29, 0.717) is 0 Å². The molecule has 1 aliphatic heterocycles. The third-order valence-corrected chi connectivity index (χ3v) is 3.91. The minimum Gasteiger partial charge on any atom is -0.313 e. The molecule has 2 rings (SSSR count). The lowest BCUT2D eigenvalue weighted by molar-refractivity contribution is 0.308. The molecule has 0 aromatic carbocycles. The van der Waals surface area contributed by atoms with Crippen LogP contribution in [-0.4, -0.2) is 19.6 Å². The van der Waals surface area contributed by atoms with Crippen molar-refractivity contribution in [2.45, 2.75) is 12.5 Å². The average molecular weight is 217 g/mol. The number of rotatable bonds is 1. The van der Waals surface area contributed by atoms with E-state index in [1.54, 1.807) is 11.3 Å². The second-order valence-corrected chi connectivity index (χ2v) is 5.25. The zero-order valence-electron chi connectivity index (χ0n) is 7.56. The van der Waals surface area contributed by atoms with Gasteiger partial charge in [-0.3, -0.25) is 0 Å². The molecule has 2 heterocycles. The van der Waals surface area contributed by atoms with Crippen molar-refractivity contribution >= 4 is 22.9 Å². The van der Waals surface area contributed by atoms with Gasteiger partial charge in [0.2, 0.25) is 0 Å². The number of halogens is 1. The van der Waals surface area contributed by atoms with Crippen molar-refractivity contribution in [3.05, 3.63) is 21.3 Å². The van der Waals surface area contributed by atoms with Gasteiger partial charge in [0.15, 0.2) is 0 Å². The van der Waals surface area contributed by atoms with Crippen LogP contribution < -0.4 is 10.6 Å². The van der Waals surface area contributed by atoms with Gasteiger partial charge in [0.05, 0.1) is 9.88 Å². The predicted octanol–water partition coefficient (Wildman–Crippen LogP) is 1.81. The van der Waals surface area contributed by atoms with Crippen molar-refractivity contribution in [3.8, 4) is 0 Å². The van der Waals surface area contributed by atoms with Crippen LogP contribution in [0.4, 0.5) is 0 Å². The van der Waals surface area contributed by atoms with Crippen LogP contribution in [0.2, 0.25) is 4.34 Å². The molecular formula is C9H13ClN2S. The minimum atomic E-state index is 0.0655. The summed E-state index contributed by atoms with van der Waals surface area (Å²) in [6.45, 7) is 5.26. The van der Waals surface area contributed by atoms with E-state index < -0.39 is 0 Å². The Labute approximate surface area is 87.3 Å². The van der Waals surface area contributed by atoms with Gasteiger partial charge in [-0.2, -0.15) is 0 Å². The standard InChI is InChI=1S/C9H13ClN2S/c1-9(6-11-4-5-12-9)7-2-3-8(10)13-7/h2-3,11-12H,4-6H2,1H3. The Morgan fingerprint density at radius 2 is 2.31 bits per heavy atom. The topological polar surface area (TPSA) is 24.1 Å². The van der Waals surface area contributed by atoms with E-state index in [1.807, 2.05) is 6.07 Å². The average Bonchev–Trinajstić information content (AvgIpc) is 2.54. The van der Waals surface area contributed by atoms with E-state index in [-0.39, 0.29) is 5.54 Å². The Balaban J connectivity index is 2.22. The van der Waals surface area contributed by atoms with E-state index in [2.05, 4.69) is 23.6 Å². The Morgan fingerprint density at radius 3 is 2.85 bits per heavy atom. The first kappa shape index (κ1) is 9.46. The molecule has 72 valence electrons. The number of thiophene rings is 1. The fraction of sp³-hybridized carbons (Fsp3) is 0.556. The van der Waals surface area contributed by atoms with Crippen LogP contribution in [-0.2, 0) is 5.54 Å². The molecule has 13 heavy (non-hydrogen) atoms. The smallest absolute Gasteiger partial charge is 0.0931 e. The summed E-state index contributed by atoms with van der Waals surface area (Å²) in [4.78, 5) is 1.31. The van der Waals surface area contributed by atoms with Crippen molar-refractivity contribution in [1.29, 1.82) is 0 Å². The van der Waals surface area contributed by atoms with E-state index >= 15 is 0 Å². The number of nitrogens with one attached hydrogen (secondary N) is 2. The van der Waals surface area contributed by atoms with Crippen LogP contribution in [0.15, 0.2) is 12.1 Å². The number of hydrogen-bond acceptors (Lipinski definition) is 3. The van der Waals surface area contributed by atoms with Crippen LogP contribution in [0.1, 0.15) is 11.8 Å². The summed E-state index contributed by atoms with van der Waals surface area (Å²) in [6.07, 6.45) is 0. The third-order valence-electron chi connectivity index (χ3n) is 2.41. The molecule has 0 saturated carbocycles. The van der Waals surface area contributed by atoms with Crippen LogP contribution in [0, 0.1) is 0 Å². The third kappa shape index (κ3) is 1.89. The monoisotopic (exact) mass is 216 g/mol. The summed E-state index contributed by atoms with van der Waals surface area (Å²) >= 11 is 7.57. The first-order chi connectivity index (χ1) is 6.21. The van der Waals surface area contributed by atoms with E-state index in [0.717, 1.165) is 24.0 Å². The summed E-state index contributed by atoms with van der Waals surface area (Å²) in [7, 11) is 0. The van der Waals surface area contributed by atoms with Crippen molar-refractivity contribution in [2.75, 3.05) is 19.6 Å². The van der Waals surface area contributed by atoms with Gasteiger partial charge in [-0.1, -0.05) is 11.6 Å². The molecule has 1 aromatic heterocycles. The lowest BCUT2D eigenvalue weighted by atomic mass is 9.98. The molecule has 1 aromatic rings. The van der Waals surface area contributed by atoms with Gasteiger partial charge in [0, 0.05) is 24.5 Å². The highest BCUT2D eigenvalue weighted by atomic mass is 35.5. The van der Waals surface area contributed by atoms with Crippen LogP contribution in [0.3, 0.4) is 0 Å². The van der Waals surface area contributed by atoms with Crippen molar-refractivity contribution in [3.63, 3.8) is 0 Å². The Morgan fingerprint density at radius 1 is 1.46 bits per heavy atom. The normalized spacial score (nSPS) is 29.1. The fourth-order valence-electron chi connectivity index (χ4n) is 1.61. The highest BCUT2D eigenvalue weighted by Crippen LogP contribution is 2.31. The van der Waals surface area contributed by atoms with Gasteiger partial charge >= 0.3 is 0 Å². The van der Waals surface area contributed by atoms with E-state index in [9.17, 15) is 0 Å². The van der Waals surface area contributed by atoms with Gasteiger partial charge in [-0.05, 0) is 19.1 Å². The lowest BCUT2D eigenvalue weighted by Gasteiger charge is -2.34.